The van der Waals surface area contributed by atoms with Gasteiger partial charge in [-0.15, -0.1) is 0 Å². The first-order chi connectivity index (χ1) is 6.13. The van der Waals surface area contributed by atoms with E-state index in [9.17, 15) is 4.39 Å². The third kappa shape index (κ3) is 2.79. The van der Waals surface area contributed by atoms with Crippen LogP contribution in [0.25, 0.3) is 0 Å². The lowest BCUT2D eigenvalue weighted by atomic mass is 10.1. The van der Waals surface area contributed by atoms with Crippen molar-refractivity contribution in [3.63, 3.8) is 0 Å². The fraction of sp³-hybridized carbons (Fsp3) is 0.400. The highest BCUT2D eigenvalue weighted by Gasteiger charge is 2.03. The molecule has 0 radical (unpaired) electrons. The van der Waals surface area contributed by atoms with Crippen LogP contribution in [0.1, 0.15) is 11.1 Å². The van der Waals surface area contributed by atoms with Crippen LogP contribution in [0.4, 0.5) is 4.39 Å². The molecule has 0 aliphatic rings. The van der Waals surface area contributed by atoms with Crippen LogP contribution in [0.15, 0.2) is 18.2 Å². The summed E-state index contributed by atoms with van der Waals surface area (Å²) in [6.07, 6.45) is 0. The van der Waals surface area contributed by atoms with Gasteiger partial charge in [-0.05, 0) is 25.7 Å². The summed E-state index contributed by atoms with van der Waals surface area (Å²) in [4.78, 5) is 1.93. The van der Waals surface area contributed by atoms with Gasteiger partial charge in [-0.1, -0.05) is 12.1 Å². The van der Waals surface area contributed by atoms with Crippen LogP contribution in [0.3, 0.4) is 0 Å². The van der Waals surface area contributed by atoms with E-state index in [0.717, 1.165) is 5.56 Å². The molecule has 0 aliphatic heterocycles. The average molecular weight is 182 g/mol. The van der Waals surface area contributed by atoms with Gasteiger partial charge in [-0.3, -0.25) is 0 Å². The Morgan fingerprint density at radius 3 is 2.54 bits per heavy atom. The van der Waals surface area contributed by atoms with Gasteiger partial charge in [-0.2, -0.15) is 0 Å². The molecule has 0 unspecified atom stereocenters. The van der Waals surface area contributed by atoms with Crippen molar-refractivity contribution in [3.05, 3.63) is 35.1 Å². The summed E-state index contributed by atoms with van der Waals surface area (Å²) in [7, 11) is 3.83. The lowest BCUT2D eigenvalue weighted by Crippen LogP contribution is -2.12. The first kappa shape index (κ1) is 10.2. The Morgan fingerprint density at radius 2 is 2.08 bits per heavy atom. The number of nitrogens with zero attached hydrogens (tertiary/aromatic N) is 1. The molecule has 0 amide bonds. The smallest absolute Gasteiger partial charge is 0.128 e. The van der Waals surface area contributed by atoms with Crippen molar-refractivity contribution >= 4 is 0 Å². The Hall–Kier alpha value is -0.930. The van der Waals surface area contributed by atoms with Crippen LogP contribution in [-0.2, 0) is 13.1 Å². The second-order valence-electron chi connectivity index (χ2n) is 3.37. The molecule has 0 aliphatic carbocycles. The van der Waals surface area contributed by atoms with Crippen LogP contribution in [0.5, 0.6) is 0 Å². The number of halogens is 1. The fourth-order valence-electron chi connectivity index (χ4n) is 1.19. The molecule has 13 heavy (non-hydrogen) atoms. The third-order valence-corrected chi connectivity index (χ3v) is 1.84. The van der Waals surface area contributed by atoms with E-state index < -0.39 is 0 Å². The zero-order chi connectivity index (χ0) is 9.84. The van der Waals surface area contributed by atoms with Crippen molar-refractivity contribution in [1.29, 1.82) is 0 Å². The second kappa shape index (κ2) is 4.35. The van der Waals surface area contributed by atoms with Crippen molar-refractivity contribution in [2.45, 2.75) is 13.1 Å². The molecule has 2 N–H and O–H groups in total. The van der Waals surface area contributed by atoms with Crippen LogP contribution in [0.2, 0.25) is 0 Å². The molecular weight excluding hydrogens is 167 g/mol. The van der Waals surface area contributed by atoms with E-state index in [2.05, 4.69) is 0 Å². The van der Waals surface area contributed by atoms with Crippen LogP contribution in [0, 0.1) is 5.82 Å². The van der Waals surface area contributed by atoms with Gasteiger partial charge in [0.05, 0.1) is 0 Å². The van der Waals surface area contributed by atoms with E-state index in [0.29, 0.717) is 18.7 Å². The molecule has 3 heteroatoms. The van der Waals surface area contributed by atoms with Gasteiger partial charge in [0.1, 0.15) is 5.82 Å². The molecule has 0 heterocycles. The van der Waals surface area contributed by atoms with Crippen LogP contribution < -0.4 is 5.73 Å². The van der Waals surface area contributed by atoms with Crippen molar-refractivity contribution in [2.75, 3.05) is 14.1 Å². The molecule has 1 rings (SSSR count). The zero-order valence-electron chi connectivity index (χ0n) is 8.05. The maximum absolute atomic E-state index is 13.3. The Balaban J connectivity index is 2.85. The number of hydrogen-bond donors (Lipinski definition) is 1. The number of rotatable bonds is 3. The first-order valence-electron chi connectivity index (χ1n) is 4.25. The molecule has 0 spiro atoms. The van der Waals surface area contributed by atoms with Crippen LogP contribution in [-0.4, -0.2) is 19.0 Å². The summed E-state index contributed by atoms with van der Waals surface area (Å²) in [5.41, 5.74) is 6.94. The molecule has 0 aromatic heterocycles. The Morgan fingerprint density at radius 1 is 1.38 bits per heavy atom. The topological polar surface area (TPSA) is 29.3 Å². The molecule has 0 saturated carbocycles. The predicted molar refractivity (Wildman–Crippen MR) is 51.7 cm³/mol. The minimum Gasteiger partial charge on any atom is -0.326 e. The lowest BCUT2D eigenvalue weighted by molar-refractivity contribution is 0.392. The third-order valence-electron chi connectivity index (χ3n) is 1.84. The van der Waals surface area contributed by atoms with E-state index in [1.165, 1.54) is 6.07 Å². The monoisotopic (exact) mass is 182 g/mol. The minimum atomic E-state index is -0.170. The van der Waals surface area contributed by atoms with Gasteiger partial charge < -0.3 is 10.6 Å². The highest BCUT2D eigenvalue weighted by atomic mass is 19.1. The Bertz CT molecular complexity index is 284. The van der Waals surface area contributed by atoms with Crippen molar-refractivity contribution < 1.29 is 4.39 Å². The average Bonchev–Trinajstić information content (AvgIpc) is 2.08. The molecule has 0 saturated heterocycles. The number of hydrogen-bond acceptors (Lipinski definition) is 2. The Kier molecular flexibility index (Phi) is 3.39. The highest BCUT2D eigenvalue weighted by molar-refractivity contribution is 5.24. The van der Waals surface area contributed by atoms with Crippen molar-refractivity contribution in [3.8, 4) is 0 Å². The van der Waals surface area contributed by atoms with E-state index in [1.807, 2.05) is 25.1 Å². The first-order valence-corrected chi connectivity index (χ1v) is 4.25. The van der Waals surface area contributed by atoms with E-state index in [1.54, 1.807) is 6.07 Å². The summed E-state index contributed by atoms with van der Waals surface area (Å²) in [6.45, 7) is 1.01. The summed E-state index contributed by atoms with van der Waals surface area (Å²) >= 11 is 0. The normalized spacial score (nSPS) is 10.8. The maximum atomic E-state index is 13.3. The number of benzene rings is 1. The summed E-state index contributed by atoms with van der Waals surface area (Å²) in [5.74, 6) is -0.170. The van der Waals surface area contributed by atoms with E-state index in [4.69, 9.17) is 5.73 Å². The molecular formula is C10H15FN2. The van der Waals surface area contributed by atoms with Gasteiger partial charge in [0.25, 0.3) is 0 Å². The molecule has 0 atom stereocenters. The van der Waals surface area contributed by atoms with Crippen LogP contribution >= 0.6 is 0 Å². The fourth-order valence-corrected chi connectivity index (χ4v) is 1.19. The largest absolute Gasteiger partial charge is 0.326 e. The maximum Gasteiger partial charge on any atom is 0.128 e. The summed E-state index contributed by atoms with van der Waals surface area (Å²) in [6, 6.07) is 5.15. The molecule has 1 aromatic carbocycles. The van der Waals surface area contributed by atoms with Crippen molar-refractivity contribution in [2.24, 2.45) is 5.73 Å². The van der Waals surface area contributed by atoms with Gasteiger partial charge in [-0.25, -0.2) is 4.39 Å². The van der Waals surface area contributed by atoms with Gasteiger partial charge in [0, 0.05) is 18.7 Å². The molecule has 72 valence electrons. The molecule has 2 nitrogen and oxygen atoms in total. The quantitative estimate of drug-likeness (QED) is 0.764. The van der Waals surface area contributed by atoms with Gasteiger partial charge >= 0.3 is 0 Å². The van der Waals surface area contributed by atoms with E-state index in [-0.39, 0.29) is 5.82 Å². The SMILES string of the molecule is CN(C)Cc1ccc(CN)cc1F. The lowest BCUT2D eigenvalue weighted by Gasteiger charge is -2.10. The Labute approximate surface area is 78.2 Å². The second-order valence-corrected chi connectivity index (χ2v) is 3.37. The van der Waals surface area contributed by atoms with E-state index >= 15 is 0 Å². The molecule has 0 fully saturated rings. The highest BCUT2D eigenvalue weighted by Crippen LogP contribution is 2.11. The molecule has 0 bridgehead atoms. The number of nitrogens with two attached hydrogens (primary N) is 1. The summed E-state index contributed by atoms with van der Waals surface area (Å²) in [5, 5.41) is 0. The summed E-state index contributed by atoms with van der Waals surface area (Å²) < 4.78 is 13.3. The van der Waals surface area contributed by atoms with Crippen molar-refractivity contribution in [1.82, 2.24) is 4.90 Å². The minimum absolute atomic E-state index is 0.170. The standard InChI is InChI=1S/C10H15FN2/c1-13(2)7-9-4-3-8(6-12)5-10(9)11/h3-5H,6-7,12H2,1-2H3. The van der Waals surface area contributed by atoms with Gasteiger partial charge in [0.2, 0.25) is 0 Å². The zero-order valence-corrected chi connectivity index (χ0v) is 8.05. The predicted octanol–water partition coefficient (Wildman–Crippen LogP) is 1.35. The molecule has 1 aromatic rings. The van der Waals surface area contributed by atoms with Gasteiger partial charge in [0.15, 0.2) is 0 Å².